The molecule has 1 saturated heterocycles. The molecule has 13 heteroatoms. The topological polar surface area (TPSA) is 107 Å². The number of hydrogen-bond donors (Lipinski definition) is 1. The largest absolute Gasteiger partial charge is 1.00 e. The average Bonchev–Trinajstić information content (AvgIpc) is 2.92. The number of aryl methyl sites for hydroxylation is 2. The summed E-state index contributed by atoms with van der Waals surface area (Å²) < 4.78 is 46.8. The van der Waals surface area contributed by atoms with Gasteiger partial charge in [-0.25, -0.2) is 9.97 Å². The molecule has 0 amide bonds. The van der Waals surface area contributed by atoms with Gasteiger partial charge < -0.3 is 29.6 Å². The van der Waals surface area contributed by atoms with Gasteiger partial charge in [-0.05, 0) is 73.5 Å². The smallest absolute Gasteiger partial charge is 0.550 e. The number of alkyl halides is 3. The number of nitrogens with zero attached hydrogens (tertiary/aromatic N) is 3. The van der Waals surface area contributed by atoms with E-state index in [1.54, 1.807) is 37.7 Å². The number of carboxylic acid groups (broad SMARTS) is 1. The third-order valence-electron chi connectivity index (χ3n) is 7.00. The first-order chi connectivity index (χ1) is 19.2. The van der Waals surface area contributed by atoms with Crippen LogP contribution in [0.3, 0.4) is 0 Å². The molecule has 2 aromatic carbocycles. The zero-order chi connectivity index (χ0) is 28.7. The van der Waals surface area contributed by atoms with Crippen molar-refractivity contribution in [3.63, 3.8) is 0 Å². The zero-order valence-electron chi connectivity index (χ0n) is 22.9. The molecule has 1 N–H and O–H groups in total. The molecular weight excluding hydrogens is 531 g/mol. The SMILES string of the molecule is COc1cc(C2CCN([B]C=O)CC2)ccc1Nc1ncc(C(F)(F)F)c(CCc2ccccc2CC(=O)[O-])n1.[Li+]. The van der Waals surface area contributed by atoms with Crippen molar-refractivity contribution in [2.45, 2.75) is 44.2 Å². The van der Waals surface area contributed by atoms with Crippen LogP contribution in [0, 0.1) is 0 Å². The summed E-state index contributed by atoms with van der Waals surface area (Å²) in [5.41, 5.74) is 1.51. The second kappa shape index (κ2) is 14.5. The van der Waals surface area contributed by atoms with E-state index < -0.39 is 17.7 Å². The van der Waals surface area contributed by atoms with Crippen LogP contribution in [0.2, 0.25) is 0 Å². The number of nitrogens with one attached hydrogen (secondary N) is 1. The molecule has 209 valence electrons. The molecule has 3 aromatic rings. The Balaban J connectivity index is 0.00000462. The summed E-state index contributed by atoms with van der Waals surface area (Å²) in [5, 5.41) is 14.1. The summed E-state index contributed by atoms with van der Waals surface area (Å²) >= 11 is 0. The number of aliphatic carboxylic acids is 1. The van der Waals surface area contributed by atoms with Crippen molar-refractivity contribution in [1.82, 2.24) is 14.8 Å². The first-order valence-electron chi connectivity index (χ1n) is 12.8. The molecule has 0 unspecified atom stereocenters. The van der Waals surface area contributed by atoms with E-state index in [2.05, 4.69) is 15.3 Å². The van der Waals surface area contributed by atoms with E-state index in [9.17, 15) is 27.9 Å². The van der Waals surface area contributed by atoms with Crippen LogP contribution in [0.5, 0.6) is 5.75 Å². The Morgan fingerprint density at radius 2 is 1.88 bits per heavy atom. The number of anilines is 2. The van der Waals surface area contributed by atoms with Crippen molar-refractivity contribution in [3.8, 4) is 5.75 Å². The van der Waals surface area contributed by atoms with E-state index in [4.69, 9.17) is 4.74 Å². The molecule has 1 radical (unpaired) electrons. The Morgan fingerprint density at radius 1 is 1.17 bits per heavy atom. The van der Waals surface area contributed by atoms with Crippen LogP contribution >= 0.6 is 0 Å². The summed E-state index contributed by atoms with van der Waals surface area (Å²) in [5.74, 6) is -0.498. The molecule has 4 rings (SSSR count). The fourth-order valence-corrected chi connectivity index (χ4v) is 4.94. The maximum absolute atomic E-state index is 13.8. The number of ether oxygens (including phenoxy) is 1. The van der Waals surface area contributed by atoms with E-state index >= 15 is 0 Å². The molecule has 1 aliphatic heterocycles. The normalized spacial score (nSPS) is 14.1. The number of benzene rings is 2. The standard InChI is InChI=1S/C28H29BF3N4O4.Li/c1-40-25-14-21(19-10-12-36(13-11-19)29-17-37)7-9-24(25)35-27-33-16-22(28(30,31)32)23(34-27)8-6-18-4-2-3-5-20(18)15-26(38)39;/h2-5,7,9,14,16-17,19H,6,8,10-13,15H2,1H3,(H,38,39)(H,33,34,35);/q;+1/p-1. The third kappa shape index (κ3) is 8.58. The van der Waals surface area contributed by atoms with E-state index in [-0.39, 0.29) is 55.7 Å². The predicted octanol–water partition coefficient (Wildman–Crippen LogP) is 0.318. The minimum Gasteiger partial charge on any atom is -0.550 e. The Kier molecular flexibility index (Phi) is 11.4. The molecule has 2 heterocycles. The van der Waals surface area contributed by atoms with Crippen molar-refractivity contribution in [2.75, 3.05) is 25.5 Å². The van der Waals surface area contributed by atoms with Gasteiger partial charge in [0.1, 0.15) is 5.75 Å². The summed E-state index contributed by atoms with van der Waals surface area (Å²) in [6, 6.07) is 12.3. The summed E-state index contributed by atoms with van der Waals surface area (Å²) in [6.07, 6.45) is -1.62. The Labute approximate surface area is 249 Å². The molecule has 0 bridgehead atoms. The summed E-state index contributed by atoms with van der Waals surface area (Å²) in [7, 11) is 3.06. The molecular formula is C28H28BF3LiN4O4. The Hall–Kier alpha value is -3.33. The third-order valence-corrected chi connectivity index (χ3v) is 7.00. The number of halogens is 3. The number of carboxylic acids is 1. The molecule has 0 spiro atoms. The van der Waals surface area contributed by atoms with Crippen LogP contribution in [0.15, 0.2) is 48.7 Å². The number of hydrogen-bond acceptors (Lipinski definition) is 8. The maximum atomic E-state index is 13.8. The van der Waals surface area contributed by atoms with Crippen LogP contribution in [0.1, 0.15) is 46.7 Å². The van der Waals surface area contributed by atoms with Crippen molar-refractivity contribution in [3.05, 3.63) is 76.6 Å². The number of rotatable bonds is 11. The van der Waals surface area contributed by atoms with Crippen LogP contribution in [-0.2, 0) is 35.0 Å². The second-order valence-electron chi connectivity index (χ2n) is 9.55. The first kappa shape index (κ1) is 32.2. The minimum absolute atomic E-state index is 0. The molecule has 0 aliphatic carbocycles. The van der Waals surface area contributed by atoms with Gasteiger partial charge in [0, 0.05) is 18.6 Å². The molecule has 8 nitrogen and oxygen atoms in total. The maximum Gasteiger partial charge on any atom is 1.00 e. The Bertz CT molecular complexity index is 1350. The molecule has 1 aromatic heterocycles. The fourth-order valence-electron chi connectivity index (χ4n) is 4.94. The van der Waals surface area contributed by atoms with E-state index in [0.29, 0.717) is 22.6 Å². The monoisotopic (exact) mass is 559 g/mol. The van der Waals surface area contributed by atoms with E-state index in [1.165, 1.54) is 7.11 Å². The second-order valence-corrected chi connectivity index (χ2v) is 9.55. The van der Waals surface area contributed by atoms with Crippen molar-refractivity contribution in [1.29, 1.82) is 0 Å². The van der Waals surface area contributed by atoms with Gasteiger partial charge in [0.15, 0.2) is 0 Å². The van der Waals surface area contributed by atoms with E-state index in [0.717, 1.165) is 43.9 Å². The van der Waals surface area contributed by atoms with E-state index in [1.807, 2.05) is 16.9 Å². The molecule has 0 atom stereocenters. The Morgan fingerprint density at radius 3 is 2.51 bits per heavy atom. The molecule has 41 heavy (non-hydrogen) atoms. The van der Waals surface area contributed by atoms with Crippen molar-refractivity contribution < 1.29 is 51.5 Å². The van der Waals surface area contributed by atoms with Gasteiger partial charge in [0.05, 0.1) is 30.2 Å². The van der Waals surface area contributed by atoms with Gasteiger partial charge >= 0.3 is 25.0 Å². The number of methoxy groups -OCH3 is 1. The van der Waals surface area contributed by atoms with Gasteiger partial charge in [0.25, 0.3) is 7.41 Å². The molecule has 0 saturated carbocycles. The number of carbonyl (C=O) groups excluding carboxylic acids is 2. The van der Waals surface area contributed by atoms with Gasteiger partial charge in [-0.1, -0.05) is 30.3 Å². The minimum atomic E-state index is -4.66. The zero-order valence-corrected chi connectivity index (χ0v) is 22.9. The van der Waals surface area contributed by atoms with Gasteiger partial charge in [-0.3, -0.25) is 0 Å². The summed E-state index contributed by atoms with van der Waals surface area (Å²) in [4.78, 5) is 31.9. The van der Waals surface area contributed by atoms with Crippen LogP contribution in [0.4, 0.5) is 24.8 Å². The first-order valence-corrected chi connectivity index (χ1v) is 12.8. The number of aromatic nitrogens is 2. The van der Waals surface area contributed by atoms with Gasteiger partial charge in [0.2, 0.25) is 5.95 Å². The molecule has 1 fully saturated rings. The number of carbonyl (C=O) groups is 2. The predicted molar refractivity (Wildman–Crippen MR) is 142 cm³/mol. The van der Waals surface area contributed by atoms with Crippen molar-refractivity contribution >= 4 is 31.2 Å². The van der Waals surface area contributed by atoms with Crippen LogP contribution < -0.4 is 34.0 Å². The van der Waals surface area contributed by atoms with Crippen LogP contribution in [-0.4, -0.2) is 54.5 Å². The fraction of sp³-hybridized carbons (Fsp3) is 0.357. The number of piperidine rings is 1. The summed E-state index contributed by atoms with van der Waals surface area (Å²) in [6.45, 7) is 1.54. The quantitative estimate of drug-likeness (QED) is 0.265. The average molecular weight is 559 g/mol. The van der Waals surface area contributed by atoms with Crippen molar-refractivity contribution in [2.24, 2.45) is 0 Å². The molecule has 1 aliphatic rings. The van der Waals surface area contributed by atoms with Gasteiger partial charge in [-0.2, -0.15) is 13.2 Å². The van der Waals surface area contributed by atoms with Gasteiger partial charge in [-0.15, -0.1) is 0 Å². The van der Waals surface area contributed by atoms with Crippen LogP contribution in [0.25, 0.3) is 0 Å².